The monoisotopic (exact) mass is 311 g/mol. The van der Waals surface area contributed by atoms with E-state index in [9.17, 15) is 4.79 Å². The molecule has 3 heterocycles. The van der Waals surface area contributed by atoms with Gasteiger partial charge in [0.2, 0.25) is 5.91 Å². The molecule has 8 heteroatoms. The first-order valence-electron chi connectivity index (χ1n) is 7.32. The van der Waals surface area contributed by atoms with Crippen molar-refractivity contribution >= 4 is 17.7 Å². The Hall–Kier alpha value is -1.12. The van der Waals surface area contributed by atoms with Crippen molar-refractivity contribution < 1.29 is 9.53 Å². The minimum Gasteiger partial charge on any atom is -0.366 e. The molecule has 0 spiro atoms. The predicted octanol–water partition coefficient (Wildman–Crippen LogP) is 0.108. The number of hydrogen-bond donors (Lipinski definition) is 2. The average Bonchev–Trinajstić information content (AvgIpc) is 2.95. The Balaban J connectivity index is 1.56. The number of nitrogens with zero attached hydrogens (tertiary/aromatic N) is 3. The van der Waals surface area contributed by atoms with E-state index in [-0.39, 0.29) is 12.0 Å². The second-order valence-electron chi connectivity index (χ2n) is 5.41. The number of amides is 1. The summed E-state index contributed by atoms with van der Waals surface area (Å²) in [4.78, 5) is 18.6. The van der Waals surface area contributed by atoms with Gasteiger partial charge in [-0.3, -0.25) is 9.89 Å². The molecule has 0 aliphatic carbocycles. The number of hydrogen-bond acceptors (Lipinski definition) is 6. The highest BCUT2D eigenvalue weighted by molar-refractivity contribution is 7.99. The van der Waals surface area contributed by atoms with E-state index in [0.29, 0.717) is 38.0 Å². The molecule has 21 heavy (non-hydrogen) atoms. The van der Waals surface area contributed by atoms with Gasteiger partial charge in [-0.15, -0.1) is 0 Å². The zero-order valence-corrected chi connectivity index (χ0v) is 13.0. The topological polar surface area (TPSA) is 83.1 Å². The molecule has 0 bridgehead atoms. The van der Waals surface area contributed by atoms with Gasteiger partial charge in [-0.25, -0.2) is 4.98 Å². The first-order chi connectivity index (χ1) is 10.2. The Morgan fingerprint density at radius 2 is 2.48 bits per heavy atom. The first kappa shape index (κ1) is 14.8. The number of rotatable bonds is 3. The van der Waals surface area contributed by atoms with Gasteiger partial charge in [0.05, 0.1) is 13.2 Å². The molecule has 0 aromatic carbocycles. The van der Waals surface area contributed by atoms with E-state index in [4.69, 9.17) is 4.74 Å². The lowest BCUT2D eigenvalue weighted by Crippen LogP contribution is -2.46. The molecule has 2 fully saturated rings. The van der Waals surface area contributed by atoms with Crippen molar-refractivity contribution in [3.05, 3.63) is 11.6 Å². The Kier molecular flexibility index (Phi) is 4.77. The minimum absolute atomic E-state index is 0.190. The van der Waals surface area contributed by atoms with Gasteiger partial charge in [-0.05, 0) is 6.92 Å². The third-order valence-electron chi connectivity index (χ3n) is 3.74. The second kappa shape index (κ2) is 6.76. The van der Waals surface area contributed by atoms with Gasteiger partial charge in [0.1, 0.15) is 11.9 Å². The summed E-state index contributed by atoms with van der Waals surface area (Å²) >= 11 is 1.91. The number of thioether (sulfide) groups is 1. The van der Waals surface area contributed by atoms with Crippen molar-refractivity contribution in [2.45, 2.75) is 25.5 Å². The average molecular weight is 311 g/mol. The molecular weight excluding hydrogens is 290 g/mol. The number of morpholine rings is 1. The maximum atomic E-state index is 12.4. The third kappa shape index (κ3) is 3.75. The fourth-order valence-electron chi connectivity index (χ4n) is 2.63. The highest BCUT2D eigenvalue weighted by Crippen LogP contribution is 2.20. The number of H-pyrrole nitrogens is 1. The van der Waals surface area contributed by atoms with Crippen LogP contribution in [0.2, 0.25) is 0 Å². The van der Waals surface area contributed by atoms with Crippen LogP contribution in [0.1, 0.15) is 24.2 Å². The van der Waals surface area contributed by atoms with E-state index in [1.807, 2.05) is 23.6 Å². The van der Waals surface area contributed by atoms with Crippen LogP contribution in [-0.2, 0) is 9.53 Å². The summed E-state index contributed by atoms with van der Waals surface area (Å²) in [6.45, 7) is 4.57. The zero-order valence-electron chi connectivity index (χ0n) is 12.2. The van der Waals surface area contributed by atoms with Crippen LogP contribution in [0.25, 0.3) is 0 Å². The van der Waals surface area contributed by atoms with E-state index in [0.717, 1.165) is 23.9 Å². The van der Waals surface area contributed by atoms with Crippen molar-refractivity contribution in [2.75, 3.05) is 37.7 Å². The number of aromatic nitrogens is 3. The highest BCUT2D eigenvalue weighted by Gasteiger charge is 2.29. The fourth-order valence-corrected chi connectivity index (χ4v) is 3.58. The van der Waals surface area contributed by atoms with Crippen LogP contribution in [0.3, 0.4) is 0 Å². The molecular formula is C13H21N5O2S. The van der Waals surface area contributed by atoms with Crippen molar-refractivity contribution in [1.29, 1.82) is 0 Å². The molecule has 0 radical (unpaired) electrons. The smallest absolute Gasteiger partial charge is 0.224 e. The van der Waals surface area contributed by atoms with Crippen LogP contribution in [0, 0.1) is 6.92 Å². The molecule has 2 aliphatic rings. The van der Waals surface area contributed by atoms with Crippen molar-refractivity contribution in [1.82, 2.24) is 25.4 Å². The van der Waals surface area contributed by atoms with Gasteiger partial charge in [0, 0.05) is 37.1 Å². The van der Waals surface area contributed by atoms with Crippen LogP contribution < -0.4 is 5.32 Å². The van der Waals surface area contributed by atoms with Crippen molar-refractivity contribution in [2.24, 2.45) is 0 Å². The number of aromatic amines is 1. The standard InChI is InChI=1S/C13H21N5O2S/c1-9-15-13(17-16-9)11-7-18(3-4-20-11)12(19)6-10-8-21-5-2-14-10/h10-11,14H,2-8H2,1H3,(H,15,16,17). The maximum absolute atomic E-state index is 12.4. The molecule has 7 nitrogen and oxygen atoms in total. The lowest BCUT2D eigenvalue weighted by atomic mass is 10.2. The molecule has 3 rings (SSSR count). The van der Waals surface area contributed by atoms with Crippen LogP contribution in [0.4, 0.5) is 0 Å². The summed E-state index contributed by atoms with van der Waals surface area (Å²) in [5.74, 6) is 3.74. The van der Waals surface area contributed by atoms with Gasteiger partial charge < -0.3 is 15.0 Å². The summed E-state index contributed by atoms with van der Waals surface area (Å²) in [5, 5.41) is 10.4. The predicted molar refractivity (Wildman–Crippen MR) is 80.1 cm³/mol. The van der Waals surface area contributed by atoms with Crippen LogP contribution in [-0.4, -0.2) is 69.8 Å². The van der Waals surface area contributed by atoms with Crippen LogP contribution in [0.15, 0.2) is 0 Å². The number of aryl methyl sites for hydroxylation is 1. The van der Waals surface area contributed by atoms with Crippen LogP contribution in [0.5, 0.6) is 0 Å². The summed E-state index contributed by atoms with van der Waals surface area (Å²) in [5.41, 5.74) is 0. The molecule has 1 aromatic rings. The number of carbonyl (C=O) groups excluding carboxylic acids is 1. The van der Waals surface area contributed by atoms with Gasteiger partial charge in [0.15, 0.2) is 5.82 Å². The van der Waals surface area contributed by atoms with E-state index < -0.39 is 0 Å². The maximum Gasteiger partial charge on any atom is 0.224 e. The molecule has 2 atom stereocenters. The molecule has 0 saturated carbocycles. The van der Waals surface area contributed by atoms with Crippen LogP contribution >= 0.6 is 11.8 Å². The normalized spacial score (nSPS) is 26.8. The van der Waals surface area contributed by atoms with Crippen molar-refractivity contribution in [3.63, 3.8) is 0 Å². The minimum atomic E-state index is -0.221. The Morgan fingerprint density at radius 3 is 3.19 bits per heavy atom. The number of nitrogens with one attached hydrogen (secondary N) is 2. The summed E-state index contributed by atoms with van der Waals surface area (Å²) < 4.78 is 5.69. The SMILES string of the molecule is Cc1nc(C2CN(C(=O)CC3CSCCN3)CCO2)n[nH]1. The number of ether oxygens (including phenoxy) is 1. The first-order valence-corrected chi connectivity index (χ1v) is 8.47. The highest BCUT2D eigenvalue weighted by atomic mass is 32.2. The van der Waals surface area contributed by atoms with E-state index in [2.05, 4.69) is 20.5 Å². The molecule has 116 valence electrons. The fraction of sp³-hybridized carbons (Fsp3) is 0.769. The Bertz CT molecular complexity index is 489. The summed E-state index contributed by atoms with van der Waals surface area (Å²) in [6, 6.07) is 0.295. The summed E-state index contributed by atoms with van der Waals surface area (Å²) in [7, 11) is 0. The molecule has 2 N–H and O–H groups in total. The van der Waals surface area contributed by atoms with Gasteiger partial charge in [-0.2, -0.15) is 16.9 Å². The molecule has 2 aliphatic heterocycles. The summed E-state index contributed by atoms with van der Waals surface area (Å²) in [6.07, 6.45) is 0.341. The third-order valence-corrected chi connectivity index (χ3v) is 4.87. The molecule has 1 amide bonds. The molecule has 1 aromatic heterocycles. The zero-order chi connectivity index (χ0) is 14.7. The molecule has 2 unspecified atom stereocenters. The van der Waals surface area contributed by atoms with E-state index in [1.165, 1.54) is 0 Å². The second-order valence-corrected chi connectivity index (χ2v) is 6.56. The number of carbonyl (C=O) groups is 1. The van der Waals surface area contributed by atoms with Gasteiger partial charge in [0.25, 0.3) is 0 Å². The lowest BCUT2D eigenvalue weighted by molar-refractivity contribution is -0.139. The van der Waals surface area contributed by atoms with Gasteiger partial charge in [-0.1, -0.05) is 0 Å². The largest absolute Gasteiger partial charge is 0.366 e. The molecule has 2 saturated heterocycles. The van der Waals surface area contributed by atoms with Crippen molar-refractivity contribution in [3.8, 4) is 0 Å². The Morgan fingerprint density at radius 1 is 1.57 bits per heavy atom. The van der Waals surface area contributed by atoms with Gasteiger partial charge >= 0.3 is 0 Å². The van der Waals surface area contributed by atoms with E-state index >= 15 is 0 Å². The lowest BCUT2D eigenvalue weighted by Gasteiger charge is -2.33. The quantitative estimate of drug-likeness (QED) is 0.824. The van der Waals surface area contributed by atoms with E-state index in [1.54, 1.807) is 0 Å². The Labute approximate surface area is 128 Å².